The van der Waals surface area contributed by atoms with Crippen LogP contribution in [0.2, 0.25) is 10.0 Å². The van der Waals surface area contributed by atoms with Gasteiger partial charge in [0.2, 0.25) is 0 Å². The zero-order chi connectivity index (χ0) is 11.9. The number of rotatable bonds is 1. The third-order valence-corrected chi connectivity index (χ3v) is 3.94. The van der Waals surface area contributed by atoms with Crippen LogP contribution in [0.4, 0.5) is 5.69 Å². The molecule has 0 aliphatic heterocycles. The molecular weight excluding hydrogens is 366 g/mol. The van der Waals surface area contributed by atoms with E-state index in [-0.39, 0.29) is 10.7 Å². The Balaban J connectivity index is 2.84. The molecule has 0 unspecified atom stereocenters. The van der Waals surface area contributed by atoms with Crippen molar-refractivity contribution in [2.75, 3.05) is 0 Å². The Morgan fingerprint density at radius 2 is 2.06 bits per heavy atom. The third-order valence-electron chi connectivity index (χ3n) is 2.02. The van der Waals surface area contributed by atoms with Crippen LogP contribution in [0.25, 0.3) is 10.9 Å². The molecule has 2 aromatic rings. The minimum atomic E-state index is -0.559. The molecule has 0 saturated carbocycles. The van der Waals surface area contributed by atoms with Crippen molar-refractivity contribution in [2.24, 2.45) is 0 Å². The van der Waals surface area contributed by atoms with Gasteiger partial charge in [0.1, 0.15) is 11.2 Å². The average Bonchev–Trinajstić information content (AvgIpc) is 2.21. The second-order valence-electron chi connectivity index (χ2n) is 3.00. The standard InChI is InChI=1S/C9H3Cl2IN2O2/c10-5-2-7-4(1-6(5)12)9(11)8(3-13-7)14(15)16/h1-3H. The summed E-state index contributed by atoms with van der Waals surface area (Å²) in [5.41, 5.74) is 0.341. The van der Waals surface area contributed by atoms with Gasteiger partial charge in [-0.05, 0) is 34.7 Å². The van der Waals surface area contributed by atoms with Gasteiger partial charge in [-0.15, -0.1) is 0 Å². The molecule has 2 rings (SSSR count). The summed E-state index contributed by atoms with van der Waals surface area (Å²) in [4.78, 5) is 14.1. The molecule has 0 fully saturated rings. The quantitative estimate of drug-likeness (QED) is 0.433. The van der Waals surface area contributed by atoms with E-state index >= 15 is 0 Å². The molecule has 0 bridgehead atoms. The first-order chi connectivity index (χ1) is 7.50. The van der Waals surface area contributed by atoms with Crippen LogP contribution in [-0.4, -0.2) is 9.91 Å². The molecule has 4 nitrogen and oxygen atoms in total. The van der Waals surface area contributed by atoms with E-state index < -0.39 is 4.92 Å². The maximum absolute atomic E-state index is 10.7. The first-order valence-corrected chi connectivity index (χ1v) is 5.92. The Kier molecular flexibility index (Phi) is 3.18. The lowest BCUT2D eigenvalue weighted by atomic mass is 10.2. The number of aromatic nitrogens is 1. The third kappa shape index (κ3) is 1.94. The zero-order valence-electron chi connectivity index (χ0n) is 7.58. The van der Waals surface area contributed by atoms with Crippen LogP contribution < -0.4 is 0 Å². The van der Waals surface area contributed by atoms with E-state index in [9.17, 15) is 10.1 Å². The van der Waals surface area contributed by atoms with E-state index in [4.69, 9.17) is 23.2 Å². The molecule has 1 aromatic heterocycles. The number of pyridine rings is 1. The van der Waals surface area contributed by atoms with Gasteiger partial charge in [0.25, 0.3) is 0 Å². The molecule has 1 aromatic carbocycles. The molecule has 0 atom stereocenters. The number of nitro groups is 1. The van der Waals surface area contributed by atoms with Crippen molar-refractivity contribution in [1.29, 1.82) is 0 Å². The number of nitrogens with zero attached hydrogens (tertiary/aromatic N) is 2. The maximum atomic E-state index is 10.7. The van der Waals surface area contributed by atoms with Crippen LogP contribution >= 0.6 is 45.8 Å². The molecule has 0 aliphatic rings. The highest BCUT2D eigenvalue weighted by Gasteiger charge is 2.16. The second kappa shape index (κ2) is 4.31. The molecule has 0 aliphatic carbocycles. The van der Waals surface area contributed by atoms with Gasteiger partial charge in [-0.25, -0.2) is 4.98 Å². The van der Waals surface area contributed by atoms with E-state index in [1.165, 1.54) is 0 Å². The van der Waals surface area contributed by atoms with Gasteiger partial charge >= 0.3 is 5.69 Å². The summed E-state index contributed by atoms with van der Waals surface area (Å²) in [6.07, 6.45) is 1.13. The van der Waals surface area contributed by atoms with Gasteiger partial charge < -0.3 is 0 Å². The lowest BCUT2D eigenvalue weighted by Crippen LogP contribution is -1.92. The number of benzene rings is 1. The smallest absolute Gasteiger partial charge is 0.258 e. The zero-order valence-corrected chi connectivity index (χ0v) is 11.2. The van der Waals surface area contributed by atoms with Crippen molar-refractivity contribution >= 4 is 62.4 Å². The SMILES string of the molecule is O=[N+]([O-])c1cnc2cc(Cl)c(I)cc2c1Cl. The van der Waals surface area contributed by atoms with Crippen molar-refractivity contribution in [3.05, 3.63) is 42.1 Å². The van der Waals surface area contributed by atoms with Gasteiger partial charge in [0, 0.05) is 8.96 Å². The molecule has 0 spiro atoms. The number of hydrogen-bond donors (Lipinski definition) is 0. The molecule has 0 radical (unpaired) electrons. The molecule has 0 saturated heterocycles. The van der Waals surface area contributed by atoms with Crippen LogP contribution in [0.1, 0.15) is 0 Å². The summed E-state index contributed by atoms with van der Waals surface area (Å²) in [6, 6.07) is 3.31. The summed E-state index contributed by atoms with van der Waals surface area (Å²) in [5.74, 6) is 0. The summed E-state index contributed by atoms with van der Waals surface area (Å²) >= 11 is 13.9. The Morgan fingerprint density at radius 3 is 2.69 bits per heavy atom. The first kappa shape index (κ1) is 11.8. The Bertz CT molecular complexity index is 604. The Hall–Kier alpha value is -0.660. The van der Waals surface area contributed by atoms with Crippen molar-refractivity contribution < 1.29 is 4.92 Å². The maximum Gasteiger partial charge on any atom is 0.306 e. The fourth-order valence-corrected chi connectivity index (χ4v) is 2.17. The van der Waals surface area contributed by atoms with Gasteiger partial charge in [0.05, 0.1) is 15.5 Å². The second-order valence-corrected chi connectivity index (χ2v) is 4.95. The van der Waals surface area contributed by atoms with Crippen molar-refractivity contribution in [3.63, 3.8) is 0 Å². The van der Waals surface area contributed by atoms with Crippen LogP contribution in [0.3, 0.4) is 0 Å². The van der Waals surface area contributed by atoms with Crippen LogP contribution in [0, 0.1) is 13.7 Å². The van der Waals surface area contributed by atoms with E-state index in [0.29, 0.717) is 15.9 Å². The van der Waals surface area contributed by atoms with E-state index in [0.717, 1.165) is 9.77 Å². The first-order valence-electron chi connectivity index (χ1n) is 4.08. The number of fused-ring (bicyclic) bond motifs is 1. The lowest BCUT2D eigenvalue weighted by Gasteiger charge is -2.03. The Labute approximate surface area is 114 Å². The minimum absolute atomic E-state index is 0.0876. The topological polar surface area (TPSA) is 56.0 Å². The summed E-state index contributed by atoms with van der Waals surface area (Å²) in [6.45, 7) is 0. The summed E-state index contributed by atoms with van der Waals surface area (Å²) in [5, 5.41) is 11.8. The fourth-order valence-electron chi connectivity index (χ4n) is 1.27. The van der Waals surface area contributed by atoms with Crippen LogP contribution in [0.15, 0.2) is 18.3 Å². The van der Waals surface area contributed by atoms with E-state index in [1.807, 2.05) is 22.6 Å². The number of hydrogen-bond acceptors (Lipinski definition) is 3. The summed E-state index contributed by atoms with van der Waals surface area (Å²) in [7, 11) is 0. The van der Waals surface area contributed by atoms with Crippen molar-refractivity contribution in [1.82, 2.24) is 4.98 Å². The van der Waals surface area contributed by atoms with Gasteiger partial charge in [-0.1, -0.05) is 23.2 Å². The largest absolute Gasteiger partial charge is 0.306 e. The highest BCUT2D eigenvalue weighted by atomic mass is 127. The number of halogens is 3. The van der Waals surface area contributed by atoms with Gasteiger partial charge in [-0.3, -0.25) is 10.1 Å². The van der Waals surface area contributed by atoms with Crippen LogP contribution in [-0.2, 0) is 0 Å². The minimum Gasteiger partial charge on any atom is -0.258 e. The highest BCUT2D eigenvalue weighted by Crippen LogP contribution is 2.33. The molecule has 0 N–H and O–H groups in total. The monoisotopic (exact) mass is 368 g/mol. The van der Waals surface area contributed by atoms with Crippen LogP contribution in [0.5, 0.6) is 0 Å². The van der Waals surface area contributed by atoms with E-state index in [2.05, 4.69) is 4.98 Å². The molecule has 7 heteroatoms. The predicted molar refractivity (Wildman–Crippen MR) is 71.1 cm³/mol. The highest BCUT2D eigenvalue weighted by molar-refractivity contribution is 14.1. The molecule has 1 heterocycles. The molecule has 0 amide bonds. The average molecular weight is 369 g/mol. The lowest BCUT2D eigenvalue weighted by molar-refractivity contribution is -0.384. The van der Waals surface area contributed by atoms with Gasteiger partial charge in [0.15, 0.2) is 0 Å². The van der Waals surface area contributed by atoms with Crippen molar-refractivity contribution in [3.8, 4) is 0 Å². The summed E-state index contributed by atoms with van der Waals surface area (Å²) < 4.78 is 0.774. The van der Waals surface area contributed by atoms with Crippen molar-refractivity contribution in [2.45, 2.75) is 0 Å². The fraction of sp³-hybridized carbons (Fsp3) is 0. The molecular formula is C9H3Cl2IN2O2. The van der Waals surface area contributed by atoms with E-state index in [1.54, 1.807) is 12.1 Å². The molecule has 82 valence electrons. The molecule has 16 heavy (non-hydrogen) atoms. The normalized spacial score (nSPS) is 10.7. The Morgan fingerprint density at radius 1 is 1.38 bits per heavy atom. The predicted octanol–water partition coefficient (Wildman–Crippen LogP) is 4.05. The van der Waals surface area contributed by atoms with Gasteiger partial charge in [-0.2, -0.15) is 0 Å².